The van der Waals surface area contributed by atoms with Crippen molar-refractivity contribution in [3.05, 3.63) is 0 Å². The second-order valence-corrected chi connectivity index (χ2v) is 11.8. The number of rotatable bonds is 25. The first-order chi connectivity index (χ1) is 18.8. The molecule has 40 heavy (non-hydrogen) atoms. The van der Waals surface area contributed by atoms with Crippen molar-refractivity contribution in [1.82, 2.24) is 0 Å². The second kappa shape index (κ2) is 26.3. The Bertz CT molecular complexity index is 533. The summed E-state index contributed by atoms with van der Waals surface area (Å²) in [7, 11) is 0. The topological polar surface area (TPSA) is 95.8 Å². The average molecular weight is 581 g/mol. The maximum Gasteiger partial charge on any atom is 0.0787 e. The smallest absolute Gasteiger partial charge is 0.0787 e. The largest absolute Gasteiger partial charge is 0.394 e. The highest BCUT2D eigenvalue weighted by Gasteiger charge is 2.20. The Balaban J connectivity index is 0. The Kier molecular flexibility index (Phi) is 27.5. The lowest BCUT2D eigenvalue weighted by atomic mass is 10.1. The van der Waals surface area contributed by atoms with Crippen molar-refractivity contribution in [2.45, 2.75) is 169 Å². The Morgan fingerprint density at radius 1 is 0.550 bits per heavy atom. The minimum absolute atomic E-state index is 0.00906. The highest BCUT2D eigenvalue weighted by Crippen LogP contribution is 2.17. The third-order valence-corrected chi connectivity index (χ3v) is 6.51. The Morgan fingerprint density at radius 3 is 1.43 bits per heavy atom. The summed E-state index contributed by atoms with van der Waals surface area (Å²) in [5.41, 5.74) is -0.103. The van der Waals surface area contributed by atoms with E-state index in [1.165, 1.54) is 19.3 Å². The zero-order chi connectivity index (χ0) is 31.0. The molecule has 0 aromatic heterocycles. The summed E-state index contributed by atoms with van der Waals surface area (Å²) in [4.78, 5) is 0. The normalized spacial score (nSPS) is 17.3. The van der Waals surface area contributed by atoms with Crippen LogP contribution in [0, 0.1) is 0 Å². The van der Waals surface area contributed by atoms with Gasteiger partial charge in [0.25, 0.3) is 0 Å². The van der Waals surface area contributed by atoms with Crippen LogP contribution < -0.4 is 0 Å². The van der Waals surface area contributed by atoms with Crippen molar-refractivity contribution in [2.24, 2.45) is 0 Å². The molecule has 8 heteroatoms. The van der Waals surface area contributed by atoms with Gasteiger partial charge in [0, 0.05) is 0 Å². The molecule has 0 aromatic carbocycles. The third-order valence-electron chi connectivity index (χ3n) is 6.51. The summed E-state index contributed by atoms with van der Waals surface area (Å²) in [6.07, 6.45) is 8.49. The van der Waals surface area contributed by atoms with Crippen LogP contribution >= 0.6 is 0 Å². The quantitative estimate of drug-likeness (QED) is 0.121. The number of hydrogen-bond acceptors (Lipinski definition) is 8. The van der Waals surface area contributed by atoms with Crippen molar-refractivity contribution in [1.29, 1.82) is 0 Å². The molecule has 0 bridgehead atoms. The van der Waals surface area contributed by atoms with Crippen LogP contribution in [0.15, 0.2) is 0 Å². The molecule has 7 atom stereocenters. The predicted molar refractivity (Wildman–Crippen MR) is 164 cm³/mol. The van der Waals surface area contributed by atoms with Gasteiger partial charge in [-0.2, -0.15) is 0 Å². The molecular formula is C32H68O8. The van der Waals surface area contributed by atoms with Crippen LogP contribution in [0.4, 0.5) is 0 Å². The molecule has 244 valence electrons. The van der Waals surface area contributed by atoms with Gasteiger partial charge >= 0.3 is 0 Å². The predicted octanol–water partition coefficient (Wildman–Crippen LogP) is 6.33. The molecule has 2 N–H and O–H groups in total. The molecule has 0 aliphatic rings. The van der Waals surface area contributed by atoms with Crippen molar-refractivity contribution in [3.63, 3.8) is 0 Å². The first-order valence-electron chi connectivity index (χ1n) is 15.8. The monoisotopic (exact) mass is 580 g/mol. The van der Waals surface area contributed by atoms with Crippen LogP contribution in [0.25, 0.3) is 0 Å². The van der Waals surface area contributed by atoms with E-state index in [0.29, 0.717) is 32.5 Å². The van der Waals surface area contributed by atoms with Crippen molar-refractivity contribution >= 4 is 0 Å². The average Bonchev–Trinajstić information content (AvgIpc) is 2.92. The minimum Gasteiger partial charge on any atom is -0.394 e. The van der Waals surface area contributed by atoms with Crippen molar-refractivity contribution < 1.29 is 38.6 Å². The molecule has 0 aliphatic carbocycles. The second-order valence-electron chi connectivity index (χ2n) is 11.8. The summed E-state index contributed by atoms with van der Waals surface area (Å²) in [6.45, 7) is 24.7. The van der Waals surface area contributed by atoms with E-state index in [1.54, 1.807) is 0 Å². The van der Waals surface area contributed by atoms with E-state index in [9.17, 15) is 0 Å². The number of aliphatic hydroxyl groups excluding tert-OH is 2. The van der Waals surface area contributed by atoms with Crippen LogP contribution in [-0.2, 0) is 28.4 Å². The van der Waals surface area contributed by atoms with Gasteiger partial charge < -0.3 is 38.6 Å². The Morgan fingerprint density at radius 2 is 1.00 bits per heavy atom. The maximum absolute atomic E-state index is 8.92. The molecule has 0 rings (SSSR count). The first kappa shape index (κ1) is 41.8. The fraction of sp³-hybridized carbons (Fsp3) is 1.00. The lowest BCUT2D eigenvalue weighted by Gasteiger charge is -2.28. The molecule has 0 saturated carbocycles. The van der Waals surface area contributed by atoms with Crippen LogP contribution in [0.5, 0.6) is 0 Å². The molecule has 0 spiro atoms. The van der Waals surface area contributed by atoms with Gasteiger partial charge in [0.2, 0.25) is 0 Å². The highest BCUT2D eigenvalue weighted by atomic mass is 16.6. The molecule has 7 unspecified atom stereocenters. The molecule has 8 nitrogen and oxygen atoms in total. The molecule has 0 aliphatic heterocycles. The van der Waals surface area contributed by atoms with Gasteiger partial charge in [-0.25, -0.2) is 0 Å². The van der Waals surface area contributed by atoms with Gasteiger partial charge in [-0.3, -0.25) is 0 Å². The zero-order valence-corrected chi connectivity index (χ0v) is 28.1. The summed E-state index contributed by atoms with van der Waals surface area (Å²) in [5.74, 6) is 0. The third kappa shape index (κ3) is 26.6. The van der Waals surface area contributed by atoms with Crippen LogP contribution in [0.2, 0.25) is 0 Å². The van der Waals surface area contributed by atoms with E-state index in [4.69, 9.17) is 38.6 Å². The van der Waals surface area contributed by atoms with Crippen LogP contribution in [-0.4, -0.2) is 98.2 Å². The summed E-state index contributed by atoms with van der Waals surface area (Å²) >= 11 is 0. The zero-order valence-electron chi connectivity index (χ0n) is 28.1. The van der Waals surface area contributed by atoms with Gasteiger partial charge in [0.1, 0.15) is 0 Å². The number of ether oxygens (including phenoxy) is 6. The van der Waals surface area contributed by atoms with E-state index in [0.717, 1.165) is 25.7 Å². The van der Waals surface area contributed by atoms with Gasteiger partial charge in [-0.15, -0.1) is 0 Å². The van der Waals surface area contributed by atoms with E-state index in [2.05, 4.69) is 41.5 Å². The molecule has 0 aromatic rings. The SMILES string of the molecule is CCC(C)(C)OC(C)COC(C)COC(C)CO.CCCCCC(CCC)OC(C)COC(C)COC(C)CO. The number of unbranched alkanes of at least 4 members (excludes halogenated alkanes) is 2. The van der Waals surface area contributed by atoms with Gasteiger partial charge in [-0.05, 0) is 74.7 Å². The molecule has 0 heterocycles. The van der Waals surface area contributed by atoms with E-state index >= 15 is 0 Å². The Labute approximate surface area is 247 Å². The minimum atomic E-state index is -0.135. The fourth-order valence-corrected chi connectivity index (χ4v) is 3.65. The summed E-state index contributed by atoms with van der Waals surface area (Å²) in [5, 5.41) is 17.8. The maximum atomic E-state index is 8.92. The molecule has 0 radical (unpaired) electrons. The lowest BCUT2D eigenvalue weighted by Crippen LogP contribution is -2.32. The van der Waals surface area contributed by atoms with E-state index < -0.39 is 0 Å². The number of aliphatic hydroxyl groups is 2. The highest BCUT2D eigenvalue weighted by molar-refractivity contribution is 4.68. The first-order valence-corrected chi connectivity index (χ1v) is 15.8. The van der Waals surface area contributed by atoms with E-state index in [1.807, 2.05) is 34.6 Å². The van der Waals surface area contributed by atoms with Gasteiger partial charge in [-0.1, -0.05) is 46.5 Å². The van der Waals surface area contributed by atoms with Gasteiger partial charge in [0.15, 0.2) is 0 Å². The molecule has 0 amide bonds. The molecule has 0 saturated heterocycles. The summed E-state index contributed by atoms with van der Waals surface area (Å²) in [6, 6.07) is 0. The van der Waals surface area contributed by atoms with Gasteiger partial charge in [0.05, 0.1) is 88.0 Å². The summed E-state index contributed by atoms with van der Waals surface area (Å²) < 4.78 is 34.3. The van der Waals surface area contributed by atoms with Crippen LogP contribution in [0.3, 0.4) is 0 Å². The molecule has 0 fully saturated rings. The fourth-order valence-electron chi connectivity index (χ4n) is 3.65. The van der Waals surface area contributed by atoms with E-state index in [-0.39, 0.29) is 55.4 Å². The van der Waals surface area contributed by atoms with Crippen LogP contribution in [0.1, 0.15) is 121 Å². The number of hydrogen-bond donors (Lipinski definition) is 2. The standard InChI is InChI=1S/C18H38O4.C14H30O4/c1-6-8-9-11-18(10-7-2)22-17(5)14-21-16(4)13-20-15(3)12-19;1-7-14(5,6)18-13(4)10-17-12(3)9-16-11(2)8-15/h15-19H,6-14H2,1-5H3;11-13,15H,7-10H2,1-6H3. The van der Waals surface area contributed by atoms with Crippen molar-refractivity contribution in [2.75, 3.05) is 39.6 Å². The van der Waals surface area contributed by atoms with Crippen molar-refractivity contribution in [3.8, 4) is 0 Å². The molecular weight excluding hydrogens is 512 g/mol. The lowest BCUT2D eigenvalue weighted by molar-refractivity contribution is -0.116. The Hall–Kier alpha value is -0.320.